The largest absolute Gasteiger partial charge is 0.468 e. The molecule has 2 atom stereocenters. The summed E-state index contributed by atoms with van der Waals surface area (Å²) in [5.41, 5.74) is 11.7. The second-order valence-corrected chi connectivity index (χ2v) is 3.36. The Morgan fingerprint density at radius 3 is 2.42 bits per heavy atom. The van der Waals surface area contributed by atoms with Crippen LogP contribution in [0.4, 0.5) is 0 Å². The maximum absolute atomic E-state index is 5.87. The highest BCUT2D eigenvalue weighted by Crippen LogP contribution is 2.17. The Balaban J connectivity index is 2.65. The van der Waals surface area contributed by atoms with Crippen molar-refractivity contribution in [1.29, 1.82) is 0 Å². The van der Waals surface area contributed by atoms with Gasteiger partial charge >= 0.3 is 0 Å². The Hall–Kier alpha value is -0.800. The molecule has 0 fully saturated rings. The first-order valence-corrected chi connectivity index (χ1v) is 4.17. The van der Waals surface area contributed by atoms with E-state index in [1.165, 1.54) is 0 Å². The van der Waals surface area contributed by atoms with Gasteiger partial charge in [-0.25, -0.2) is 0 Å². The third-order valence-electron chi connectivity index (χ3n) is 2.06. The smallest absolute Gasteiger partial charge is 0.122 e. The molecule has 3 nitrogen and oxygen atoms in total. The molecule has 1 aromatic rings. The number of hydrogen-bond acceptors (Lipinski definition) is 3. The lowest BCUT2D eigenvalue weighted by molar-refractivity contribution is 0.366. The first-order valence-electron chi connectivity index (χ1n) is 4.17. The van der Waals surface area contributed by atoms with Crippen LogP contribution >= 0.6 is 0 Å². The molecule has 1 heterocycles. The Morgan fingerprint density at radius 1 is 1.33 bits per heavy atom. The van der Waals surface area contributed by atoms with Crippen LogP contribution in [-0.2, 0) is 0 Å². The summed E-state index contributed by atoms with van der Waals surface area (Å²) < 4.78 is 5.16. The van der Waals surface area contributed by atoms with Crippen molar-refractivity contribution in [3.05, 3.63) is 24.2 Å². The average molecular weight is 168 g/mol. The molecule has 4 N–H and O–H groups in total. The van der Waals surface area contributed by atoms with Crippen LogP contribution in [0.5, 0.6) is 0 Å². The molecule has 0 aliphatic heterocycles. The highest BCUT2D eigenvalue weighted by molar-refractivity contribution is 5.06. The van der Waals surface area contributed by atoms with Crippen LogP contribution in [0.25, 0.3) is 0 Å². The van der Waals surface area contributed by atoms with E-state index < -0.39 is 0 Å². The van der Waals surface area contributed by atoms with Crippen molar-refractivity contribution in [3.63, 3.8) is 0 Å². The summed E-state index contributed by atoms with van der Waals surface area (Å²) in [7, 11) is 0. The fourth-order valence-electron chi connectivity index (χ4n) is 1.09. The molecule has 1 rings (SSSR count). The first-order chi connectivity index (χ1) is 5.63. The standard InChI is InChI=1S/C9H16N2O/c1-6(2)8(10)9(11)7-4-3-5-12-7/h3-6,8-9H,10-11H2,1-2H3. The number of nitrogens with two attached hydrogens (primary N) is 2. The van der Waals surface area contributed by atoms with Crippen LogP contribution in [-0.4, -0.2) is 6.04 Å². The van der Waals surface area contributed by atoms with Crippen LogP contribution in [0, 0.1) is 5.92 Å². The molecule has 0 aliphatic rings. The third-order valence-corrected chi connectivity index (χ3v) is 2.06. The molecule has 0 amide bonds. The van der Waals surface area contributed by atoms with E-state index in [0.29, 0.717) is 5.92 Å². The zero-order valence-corrected chi connectivity index (χ0v) is 7.53. The molecular weight excluding hydrogens is 152 g/mol. The molecule has 0 saturated heterocycles. The SMILES string of the molecule is CC(C)C(N)C(N)c1ccco1. The zero-order valence-electron chi connectivity index (χ0n) is 7.53. The highest BCUT2D eigenvalue weighted by atomic mass is 16.3. The van der Waals surface area contributed by atoms with E-state index in [-0.39, 0.29) is 12.1 Å². The molecule has 1 aromatic heterocycles. The van der Waals surface area contributed by atoms with Gasteiger partial charge < -0.3 is 15.9 Å². The van der Waals surface area contributed by atoms with Gasteiger partial charge in [0.25, 0.3) is 0 Å². The van der Waals surface area contributed by atoms with E-state index >= 15 is 0 Å². The van der Waals surface area contributed by atoms with Gasteiger partial charge in [-0.05, 0) is 18.1 Å². The van der Waals surface area contributed by atoms with Gasteiger partial charge in [-0.15, -0.1) is 0 Å². The quantitative estimate of drug-likeness (QED) is 0.714. The van der Waals surface area contributed by atoms with E-state index in [1.807, 2.05) is 26.0 Å². The zero-order chi connectivity index (χ0) is 9.14. The number of furan rings is 1. The van der Waals surface area contributed by atoms with Crippen LogP contribution in [0.15, 0.2) is 22.8 Å². The molecule has 0 saturated carbocycles. The van der Waals surface area contributed by atoms with E-state index in [9.17, 15) is 0 Å². The first kappa shape index (κ1) is 9.29. The van der Waals surface area contributed by atoms with Gasteiger partial charge in [-0.2, -0.15) is 0 Å². The van der Waals surface area contributed by atoms with Gasteiger partial charge in [0.1, 0.15) is 5.76 Å². The maximum Gasteiger partial charge on any atom is 0.122 e. The Labute approximate surface area is 72.7 Å². The molecule has 3 heteroatoms. The summed E-state index contributed by atoms with van der Waals surface area (Å²) >= 11 is 0. The van der Waals surface area contributed by atoms with Crippen molar-refractivity contribution in [2.24, 2.45) is 17.4 Å². The van der Waals surface area contributed by atoms with Crippen LogP contribution in [0.2, 0.25) is 0 Å². The molecule has 0 spiro atoms. The maximum atomic E-state index is 5.87. The molecule has 68 valence electrons. The van der Waals surface area contributed by atoms with Crippen molar-refractivity contribution in [3.8, 4) is 0 Å². The molecular formula is C9H16N2O. The number of hydrogen-bond donors (Lipinski definition) is 2. The minimum absolute atomic E-state index is 0.0452. The fourth-order valence-corrected chi connectivity index (χ4v) is 1.09. The van der Waals surface area contributed by atoms with Crippen molar-refractivity contribution in [1.82, 2.24) is 0 Å². The monoisotopic (exact) mass is 168 g/mol. The molecule has 0 aromatic carbocycles. The van der Waals surface area contributed by atoms with Gasteiger partial charge in [-0.1, -0.05) is 13.8 Å². The summed E-state index contributed by atoms with van der Waals surface area (Å²) in [5, 5.41) is 0. The highest BCUT2D eigenvalue weighted by Gasteiger charge is 2.20. The summed E-state index contributed by atoms with van der Waals surface area (Å²) in [4.78, 5) is 0. The average Bonchev–Trinajstić information content (AvgIpc) is 2.53. The van der Waals surface area contributed by atoms with Crippen molar-refractivity contribution >= 4 is 0 Å². The minimum Gasteiger partial charge on any atom is -0.468 e. The summed E-state index contributed by atoms with van der Waals surface area (Å²) in [6, 6.07) is 3.44. The Kier molecular flexibility index (Phi) is 2.89. The van der Waals surface area contributed by atoms with Gasteiger partial charge in [0.2, 0.25) is 0 Å². The van der Waals surface area contributed by atoms with Crippen LogP contribution < -0.4 is 11.5 Å². The molecule has 2 unspecified atom stereocenters. The van der Waals surface area contributed by atoms with E-state index in [0.717, 1.165) is 5.76 Å². The van der Waals surface area contributed by atoms with Crippen LogP contribution in [0.1, 0.15) is 25.6 Å². The van der Waals surface area contributed by atoms with Crippen molar-refractivity contribution in [2.45, 2.75) is 25.9 Å². The second-order valence-electron chi connectivity index (χ2n) is 3.36. The predicted molar refractivity (Wildman–Crippen MR) is 48.4 cm³/mol. The fraction of sp³-hybridized carbons (Fsp3) is 0.556. The normalized spacial score (nSPS) is 16.4. The molecule has 0 aliphatic carbocycles. The Bertz CT molecular complexity index is 218. The van der Waals surface area contributed by atoms with Gasteiger partial charge in [-0.3, -0.25) is 0 Å². The van der Waals surface area contributed by atoms with Gasteiger partial charge in [0, 0.05) is 6.04 Å². The van der Waals surface area contributed by atoms with Crippen molar-refractivity contribution < 1.29 is 4.42 Å². The number of rotatable bonds is 3. The topological polar surface area (TPSA) is 65.2 Å². The lowest BCUT2D eigenvalue weighted by atomic mass is 9.96. The van der Waals surface area contributed by atoms with E-state index in [1.54, 1.807) is 6.26 Å². The summed E-state index contributed by atoms with van der Waals surface area (Å²) in [6.07, 6.45) is 1.61. The lowest BCUT2D eigenvalue weighted by Crippen LogP contribution is -2.38. The van der Waals surface area contributed by atoms with Crippen molar-refractivity contribution in [2.75, 3.05) is 0 Å². The summed E-state index contributed by atoms with van der Waals surface area (Å²) in [6.45, 7) is 4.10. The summed E-state index contributed by atoms with van der Waals surface area (Å²) in [5.74, 6) is 1.13. The molecule has 0 radical (unpaired) electrons. The predicted octanol–water partition coefficient (Wildman–Crippen LogP) is 1.26. The second kappa shape index (κ2) is 3.74. The van der Waals surface area contributed by atoms with Gasteiger partial charge in [0.15, 0.2) is 0 Å². The van der Waals surface area contributed by atoms with Crippen LogP contribution in [0.3, 0.4) is 0 Å². The molecule has 12 heavy (non-hydrogen) atoms. The minimum atomic E-state index is -0.194. The lowest BCUT2D eigenvalue weighted by Gasteiger charge is -2.21. The Morgan fingerprint density at radius 2 is 2.00 bits per heavy atom. The van der Waals surface area contributed by atoms with E-state index in [4.69, 9.17) is 15.9 Å². The third kappa shape index (κ3) is 1.87. The molecule has 0 bridgehead atoms. The van der Waals surface area contributed by atoms with E-state index in [2.05, 4.69) is 0 Å². The van der Waals surface area contributed by atoms with Gasteiger partial charge in [0.05, 0.1) is 12.3 Å².